The van der Waals surface area contributed by atoms with Crippen LogP contribution < -0.4 is 14.8 Å². The molecule has 21 heavy (non-hydrogen) atoms. The van der Waals surface area contributed by atoms with E-state index in [-0.39, 0.29) is 0 Å². The third-order valence-corrected chi connectivity index (χ3v) is 3.17. The number of unbranched alkanes of at least 4 members (excludes halogenated alkanes) is 1. The van der Waals surface area contributed by atoms with Crippen LogP contribution in [0.1, 0.15) is 18.4 Å². The summed E-state index contributed by atoms with van der Waals surface area (Å²) in [7, 11) is 1.97. The number of nitrogens with one attached hydrogen (secondary N) is 1. The van der Waals surface area contributed by atoms with Gasteiger partial charge in [-0.15, -0.1) is 0 Å². The molecule has 0 bridgehead atoms. The predicted octanol–water partition coefficient (Wildman–Crippen LogP) is 4.17. The Morgan fingerprint density at radius 3 is 2.00 bits per heavy atom. The fraction of sp³-hybridized carbons (Fsp3) is 0.333. The van der Waals surface area contributed by atoms with Gasteiger partial charge in [0.1, 0.15) is 17.2 Å². The Kier molecular flexibility index (Phi) is 6.10. The molecule has 0 heterocycles. The van der Waals surface area contributed by atoms with Crippen LogP contribution in [0.3, 0.4) is 0 Å². The van der Waals surface area contributed by atoms with Crippen LogP contribution in [-0.2, 0) is 0 Å². The third-order valence-electron chi connectivity index (χ3n) is 3.17. The molecular formula is C18H23NO2. The smallest absolute Gasteiger partial charge is 0.127 e. The summed E-state index contributed by atoms with van der Waals surface area (Å²) in [6, 6.07) is 15.8. The topological polar surface area (TPSA) is 30.5 Å². The van der Waals surface area contributed by atoms with E-state index in [4.69, 9.17) is 9.47 Å². The summed E-state index contributed by atoms with van der Waals surface area (Å²) in [5, 5.41) is 3.13. The van der Waals surface area contributed by atoms with Crippen LogP contribution in [0.15, 0.2) is 48.5 Å². The Balaban J connectivity index is 1.80. The largest absolute Gasteiger partial charge is 0.494 e. The molecule has 3 heteroatoms. The van der Waals surface area contributed by atoms with Crippen LogP contribution in [0.2, 0.25) is 0 Å². The molecule has 2 aromatic rings. The fourth-order valence-electron chi connectivity index (χ4n) is 1.94. The number of ether oxygens (including phenoxy) is 2. The first-order chi connectivity index (χ1) is 10.3. The minimum absolute atomic E-state index is 0.750. The fourth-order valence-corrected chi connectivity index (χ4v) is 1.94. The van der Waals surface area contributed by atoms with Gasteiger partial charge in [0.05, 0.1) is 6.61 Å². The van der Waals surface area contributed by atoms with Crippen LogP contribution in [0.5, 0.6) is 17.2 Å². The van der Waals surface area contributed by atoms with Crippen LogP contribution in [-0.4, -0.2) is 20.2 Å². The summed E-state index contributed by atoms with van der Waals surface area (Å²) in [6.07, 6.45) is 2.19. The maximum Gasteiger partial charge on any atom is 0.127 e. The summed E-state index contributed by atoms with van der Waals surface area (Å²) in [6.45, 7) is 3.85. The van der Waals surface area contributed by atoms with E-state index in [0.29, 0.717) is 0 Å². The Morgan fingerprint density at radius 1 is 0.810 bits per heavy atom. The number of rotatable bonds is 8. The second kappa shape index (κ2) is 8.32. The van der Waals surface area contributed by atoms with Gasteiger partial charge in [-0.05, 0) is 69.8 Å². The summed E-state index contributed by atoms with van der Waals surface area (Å²) >= 11 is 0. The SMILES string of the molecule is CNCCCCOc1ccc(Oc2ccc(C)cc2)cc1. The number of hydrogen-bond acceptors (Lipinski definition) is 3. The molecule has 0 saturated carbocycles. The van der Waals surface area contributed by atoms with Gasteiger partial charge in [-0.1, -0.05) is 17.7 Å². The van der Waals surface area contributed by atoms with E-state index in [1.54, 1.807) is 0 Å². The van der Waals surface area contributed by atoms with Gasteiger partial charge in [0, 0.05) is 0 Å². The van der Waals surface area contributed by atoms with Gasteiger partial charge in [0.2, 0.25) is 0 Å². The molecule has 0 aliphatic carbocycles. The van der Waals surface area contributed by atoms with Crippen LogP contribution >= 0.6 is 0 Å². The first-order valence-electron chi connectivity index (χ1n) is 7.40. The number of benzene rings is 2. The molecule has 1 N–H and O–H groups in total. The lowest BCUT2D eigenvalue weighted by Crippen LogP contribution is -2.09. The molecular weight excluding hydrogens is 262 g/mol. The van der Waals surface area contributed by atoms with E-state index in [2.05, 4.69) is 12.2 Å². The van der Waals surface area contributed by atoms with Crippen LogP contribution in [0.4, 0.5) is 0 Å². The highest BCUT2D eigenvalue weighted by Crippen LogP contribution is 2.24. The molecule has 0 radical (unpaired) electrons. The molecule has 0 atom stereocenters. The molecule has 0 aliphatic heterocycles. The molecule has 2 aromatic carbocycles. The molecule has 0 fully saturated rings. The van der Waals surface area contributed by atoms with Gasteiger partial charge in [0.15, 0.2) is 0 Å². The van der Waals surface area contributed by atoms with E-state index in [1.165, 1.54) is 5.56 Å². The molecule has 0 spiro atoms. The van der Waals surface area contributed by atoms with Gasteiger partial charge < -0.3 is 14.8 Å². The highest BCUT2D eigenvalue weighted by atomic mass is 16.5. The maximum absolute atomic E-state index is 5.78. The average molecular weight is 285 g/mol. The van der Waals surface area contributed by atoms with E-state index in [0.717, 1.165) is 43.2 Å². The zero-order valence-corrected chi connectivity index (χ0v) is 12.8. The zero-order chi connectivity index (χ0) is 14.9. The number of hydrogen-bond donors (Lipinski definition) is 1. The second-order valence-electron chi connectivity index (χ2n) is 5.05. The summed E-state index contributed by atoms with van der Waals surface area (Å²) in [5.74, 6) is 2.55. The summed E-state index contributed by atoms with van der Waals surface area (Å²) < 4.78 is 11.5. The van der Waals surface area contributed by atoms with Gasteiger partial charge in [0.25, 0.3) is 0 Å². The molecule has 0 amide bonds. The molecule has 3 nitrogen and oxygen atoms in total. The van der Waals surface area contributed by atoms with Crippen molar-refractivity contribution in [2.75, 3.05) is 20.2 Å². The van der Waals surface area contributed by atoms with Crippen LogP contribution in [0, 0.1) is 6.92 Å². The van der Waals surface area contributed by atoms with Gasteiger partial charge >= 0.3 is 0 Å². The highest BCUT2D eigenvalue weighted by molar-refractivity contribution is 5.36. The predicted molar refractivity (Wildman–Crippen MR) is 86.4 cm³/mol. The van der Waals surface area contributed by atoms with Crippen LogP contribution in [0.25, 0.3) is 0 Å². The van der Waals surface area contributed by atoms with Gasteiger partial charge in [-0.2, -0.15) is 0 Å². The van der Waals surface area contributed by atoms with Crippen molar-refractivity contribution in [3.63, 3.8) is 0 Å². The van der Waals surface area contributed by atoms with Crippen molar-refractivity contribution in [3.8, 4) is 17.2 Å². The Morgan fingerprint density at radius 2 is 1.38 bits per heavy atom. The van der Waals surface area contributed by atoms with Crippen molar-refractivity contribution in [1.29, 1.82) is 0 Å². The minimum atomic E-state index is 0.750. The Bertz CT molecular complexity index is 520. The normalized spacial score (nSPS) is 10.4. The maximum atomic E-state index is 5.78. The third kappa shape index (κ3) is 5.48. The summed E-state index contributed by atoms with van der Waals surface area (Å²) in [5.41, 5.74) is 1.23. The van der Waals surface area contributed by atoms with E-state index in [1.807, 2.05) is 55.6 Å². The van der Waals surface area contributed by atoms with Crippen molar-refractivity contribution in [3.05, 3.63) is 54.1 Å². The minimum Gasteiger partial charge on any atom is -0.494 e. The molecule has 0 aromatic heterocycles. The van der Waals surface area contributed by atoms with E-state index >= 15 is 0 Å². The molecule has 0 saturated heterocycles. The van der Waals surface area contributed by atoms with Crippen molar-refractivity contribution >= 4 is 0 Å². The van der Waals surface area contributed by atoms with Crippen molar-refractivity contribution in [1.82, 2.24) is 5.32 Å². The Hall–Kier alpha value is -2.00. The summed E-state index contributed by atoms with van der Waals surface area (Å²) in [4.78, 5) is 0. The average Bonchev–Trinajstić information content (AvgIpc) is 2.51. The first kappa shape index (κ1) is 15.4. The standard InChI is InChI=1S/C18H23NO2/c1-15-5-7-17(8-6-15)21-18-11-9-16(10-12-18)20-14-4-3-13-19-2/h5-12,19H,3-4,13-14H2,1-2H3. The van der Waals surface area contributed by atoms with Crippen molar-refractivity contribution < 1.29 is 9.47 Å². The Labute approximate surface area is 126 Å². The highest BCUT2D eigenvalue weighted by Gasteiger charge is 1.99. The monoisotopic (exact) mass is 285 g/mol. The lowest BCUT2D eigenvalue weighted by atomic mass is 10.2. The molecule has 0 unspecified atom stereocenters. The second-order valence-corrected chi connectivity index (χ2v) is 5.05. The van der Waals surface area contributed by atoms with E-state index in [9.17, 15) is 0 Å². The number of aryl methyl sites for hydroxylation is 1. The zero-order valence-electron chi connectivity index (χ0n) is 12.8. The molecule has 0 aliphatic rings. The van der Waals surface area contributed by atoms with Gasteiger partial charge in [-0.25, -0.2) is 0 Å². The van der Waals surface area contributed by atoms with Crippen molar-refractivity contribution in [2.24, 2.45) is 0 Å². The lowest BCUT2D eigenvalue weighted by Gasteiger charge is -2.08. The van der Waals surface area contributed by atoms with Gasteiger partial charge in [-0.3, -0.25) is 0 Å². The quantitative estimate of drug-likeness (QED) is 0.739. The molecule has 112 valence electrons. The lowest BCUT2D eigenvalue weighted by molar-refractivity contribution is 0.306. The van der Waals surface area contributed by atoms with Crippen molar-refractivity contribution in [2.45, 2.75) is 19.8 Å². The first-order valence-corrected chi connectivity index (χ1v) is 7.40. The van der Waals surface area contributed by atoms with E-state index < -0.39 is 0 Å². The molecule has 2 rings (SSSR count).